The molecule has 5 nitrogen and oxygen atoms in total. The Morgan fingerprint density at radius 2 is 1.05 bits per heavy atom. The summed E-state index contributed by atoms with van der Waals surface area (Å²) in [4.78, 5) is 25.5. The molecule has 1 aromatic rings. The van der Waals surface area contributed by atoms with Crippen LogP contribution in [-0.2, 0) is 23.2 Å². The van der Waals surface area contributed by atoms with Crippen molar-refractivity contribution in [2.75, 3.05) is 0 Å². The molecular weight excluding hydrogens is 595 g/mol. The molecule has 3 rings (SSSR count). The van der Waals surface area contributed by atoms with Gasteiger partial charge < -0.3 is 10.8 Å². The maximum absolute atomic E-state index is 12.4. The van der Waals surface area contributed by atoms with E-state index in [1.807, 2.05) is 0 Å². The van der Waals surface area contributed by atoms with E-state index in [2.05, 4.69) is 96.8 Å². The fourth-order valence-corrected chi connectivity index (χ4v) is 4.49. The summed E-state index contributed by atoms with van der Waals surface area (Å²) in [7, 11) is 0. The number of halogens is 3. The number of nitrogens with one attached hydrogen (secondary N) is 2. The third-order valence-electron chi connectivity index (χ3n) is 7.03. The number of carbonyl (C=O) groups is 2. The van der Waals surface area contributed by atoms with Crippen LogP contribution < -0.4 is 0 Å². The number of Topliss-reactive ketones (excluding diaryl/α,β-unsaturated/α-hetero) is 2. The van der Waals surface area contributed by atoms with Gasteiger partial charge in [-0.2, -0.15) is 13.2 Å². The first-order valence-corrected chi connectivity index (χ1v) is 14.3. The normalized spacial score (nSPS) is 18.0. The Labute approximate surface area is 265 Å². The molecule has 0 radical (unpaired) electrons. The number of ketones is 2. The Balaban J connectivity index is 0.000000613. The first kappa shape index (κ1) is 40.1. The molecule has 2 N–H and O–H groups in total. The monoisotopic (exact) mass is 641 g/mol. The molecule has 9 heteroatoms. The van der Waals surface area contributed by atoms with E-state index in [0.717, 1.165) is 25.3 Å². The maximum Gasteiger partial charge on any atom is 0.416 e. The van der Waals surface area contributed by atoms with Gasteiger partial charge in [0.05, 0.1) is 5.56 Å². The quantitative estimate of drug-likeness (QED) is 0.239. The minimum absolute atomic E-state index is 0. The number of hydrogen-bond donors (Lipinski definition) is 2. The number of rotatable bonds is 6. The van der Waals surface area contributed by atoms with E-state index in [9.17, 15) is 22.8 Å². The van der Waals surface area contributed by atoms with Gasteiger partial charge in [-0.1, -0.05) is 91.8 Å². The average Bonchev–Trinajstić information content (AvgIpc) is 2.88. The van der Waals surface area contributed by atoms with Gasteiger partial charge in [-0.25, -0.2) is 4.98 Å². The van der Waals surface area contributed by atoms with Crippen molar-refractivity contribution >= 4 is 23.0 Å². The summed E-state index contributed by atoms with van der Waals surface area (Å²) in [5.74, 6) is 1.42. The van der Waals surface area contributed by atoms with E-state index in [-0.39, 0.29) is 28.5 Å². The number of allylic oxidation sites excluding steroid dienone is 8. The number of alkyl halides is 3. The fourth-order valence-electron chi connectivity index (χ4n) is 4.49. The zero-order valence-corrected chi connectivity index (χ0v) is 27.9. The molecule has 2 aliphatic carbocycles. The van der Waals surface area contributed by atoms with Crippen LogP contribution in [0.15, 0.2) is 59.7 Å². The van der Waals surface area contributed by atoms with E-state index < -0.39 is 23.3 Å². The zero-order valence-electron chi connectivity index (χ0n) is 26.8. The van der Waals surface area contributed by atoms with Gasteiger partial charge in [0.15, 0.2) is 11.6 Å². The number of nitrogens with zero attached hydrogens (tertiary/aromatic N) is 1. The second kappa shape index (κ2) is 17.4. The van der Waals surface area contributed by atoms with Crippen LogP contribution in [-0.4, -0.2) is 28.0 Å². The van der Waals surface area contributed by atoms with Crippen molar-refractivity contribution < 1.29 is 39.8 Å². The Kier molecular flexibility index (Phi) is 16.2. The zero-order chi connectivity index (χ0) is 32.5. The Hall–Kier alpha value is -2.90. The van der Waals surface area contributed by atoms with Crippen molar-refractivity contribution in [2.24, 2.45) is 35.5 Å². The van der Waals surface area contributed by atoms with Crippen molar-refractivity contribution in [3.05, 3.63) is 76.7 Å². The Morgan fingerprint density at radius 1 is 0.721 bits per heavy atom. The molecular formula is C34H46F3FeN3O2. The molecule has 0 saturated heterocycles. The fraction of sp³-hybridized carbons (Fsp3) is 0.500. The molecule has 43 heavy (non-hydrogen) atoms. The number of aromatic nitrogens is 1. The molecule has 0 spiro atoms. The van der Waals surface area contributed by atoms with Crippen LogP contribution in [0.5, 0.6) is 0 Å². The minimum Gasteiger partial charge on any atom is -0.304 e. The van der Waals surface area contributed by atoms with Crippen LogP contribution in [0.3, 0.4) is 0 Å². The van der Waals surface area contributed by atoms with Gasteiger partial charge in [0, 0.05) is 54.2 Å². The van der Waals surface area contributed by atoms with Gasteiger partial charge in [-0.3, -0.25) is 9.59 Å². The molecule has 238 valence electrons. The predicted molar refractivity (Wildman–Crippen MR) is 165 cm³/mol. The molecule has 2 aliphatic rings. The van der Waals surface area contributed by atoms with Crippen LogP contribution in [0.25, 0.3) is 0 Å². The molecule has 0 aliphatic heterocycles. The van der Waals surface area contributed by atoms with E-state index in [4.69, 9.17) is 10.8 Å². The summed E-state index contributed by atoms with van der Waals surface area (Å²) in [6.07, 6.45) is 8.02. The molecule has 0 bridgehead atoms. The Bertz CT molecular complexity index is 1200. The average molecular weight is 642 g/mol. The van der Waals surface area contributed by atoms with Gasteiger partial charge in [0.2, 0.25) is 0 Å². The molecule has 1 heterocycles. The summed E-state index contributed by atoms with van der Waals surface area (Å²) in [5, 5.41) is 16.1. The largest absolute Gasteiger partial charge is 0.416 e. The smallest absolute Gasteiger partial charge is 0.304 e. The first-order valence-electron chi connectivity index (χ1n) is 14.3. The SMILES string of the molecule is CC(=O)c1cc(C(F)(F)F)cc(C(C)=O)n1.CC(C)C1=CC=CC(C(C)C)C1=N.CC(C)C1=CC=CC(C(C)C)C1=N.[Fe]. The van der Waals surface area contributed by atoms with Crippen LogP contribution >= 0.6 is 0 Å². The molecule has 0 amide bonds. The maximum atomic E-state index is 12.4. The molecule has 0 aromatic carbocycles. The summed E-state index contributed by atoms with van der Waals surface area (Å²) in [6, 6.07) is 1.27. The van der Waals surface area contributed by atoms with Crippen molar-refractivity contribution in [2.45, 2.75) is 75.4 Å². The number of hydrogen-bond acceptors (Lipinski definition) is 5. The third kappa shape index (κ3) is 12.0. The summed E-state index contributed by atoms with van der Waals surface area (Å²) in [6.45, 7) is 19.5. The number of pyridine rings is 1. The summed E-state index contributed by atoms with van der Waals surface area (Å²) >= 11 is 0. The van der Waals surface area contributed by atoms with Gasteiger partial charge in [-0.15, -0.1) is 0 Å². The summed E-state index contributed by atoms with van der Waals surface area (Å²) in [5.41, 5.74) is 2.25. The molecule has 0 fully saturated rings. The van der Waals surface area contributed by atoms with E-state index >= 15 is 0 Å². The van der Waals surface area contributed by atoms with Gasteiger partial charge in [-0.05, 0) is 47.0 Å². The van der Waals surface area contributed by atoms with Gasteiger partial charge >= 0.3 is 6.18 Å². The third-order valence-corrected chi connectivity index (χ3v) is 7.03. The summed E-state index contributed by atoms with van der Waals surface area (Å²) < 4.78 is 37.3. The van der Waals surface area contributed by atoms with Crippen molar-refractivity contribution in [3.8, 4) is 0 Å². The van der Waals surface area contributed by atoms with Crippen molar-refractivity contribution in [3.63, 3.8) is 0 Å². The standard InChI is InChI=1S/2C12H19N.C10H8F3NO2.Fe/c2*1-8(2)10-6-5-7-11(9(3)4)12(10)13;1-5(15)8-3-7(10(11,12)13)4-9(14-8)6(2)16;/h2*5-10,13H,1-4H3;3-4H,1-2H3;. The van der Waals surface area contributed by atoms with Crippen LogP contribution in [0.4, 0.5) is 13.2 Å². The van der Waals surface area contributed by atoms with E-state index in [1.165, 1.54) is 11.1 Å². The molecule has 0 saturated carbocycles. The predicted octanol–water partition coefficient (Wildman–Crippen LogP) is 9.36. The second-order valence-corrected chi connectivity index (χ2v) is 11.9. The second-order valence-electron chi connectivity index (χ2n) is 11.9. The van der Waals surface area contributed by atoms with Crippen LogP contribution in [0, 0.1) is 46.3 Å². The van der Waals surface area contributed by atoms with Crippen LogP contribution in [0.1, 0.15) is 95.8 Å². The van der Waals surface area contributed by atoms with Gasteiger partial charge in [0.1, 0.15) is 11.4 Å². The molecule has 1 aromatic heterocycles. The van der Waals surface area contributed by atoms with Crippen molar-refractivity contribution in [1.29, 1.82) is 10.8 Å². The number of carbonyl (C=O) groups excluding carboxylic acids is 2. The van der Waals surface area contributed by atoms with Crippen LogP contribution in [0.2, 0.25) is 0 Å². The van der Waals surface area contributed by atoms with E-state index in [0.29, 0.717) is 47.6 Å². The van der Waals surface area contributed by atoms with Gasteiger partial charge in [0.25, 0.3) is 0 Å². The van der Waals surface area contributed by atoms with Crippen molar-refractivity contribution in [1.82, 2.24) is 4.98 Å². The molecule has 2 atom stereocenters. The topological polar surface area (TPSA) is 94.7 Å². The minimum atomic E-state index is -4.60. The Morgan fingerprint density at radius 3 is 1.28 bits per heavy atom. The van der Waals surface area contributed by atoms with E-state index in [1.54, 1.807) is 0 Å². The molecule has 2 unspecified atom stereocenters. The first-order chi connectivity index (χ1) is 19.3.